The maximum atomic E-state index is 12.4. The van der Waals surface area contributed by atoms with Gasteiger partial charge in [0.05, 0.1) is 0 Å². The van der Waals surface area contributed by atoms with E-state index in [1.54, 1.807) is 0 Å². The van der Waals surface area contributed by atoms with Crippen molar-refractivity contribution in [2.24, 2.45) is 5.92 Å². The second kappa shape index (κ2) is 9.30. The van der Waals surface area contributed by atoms with E-state index in [1.165, 1.54) is 4.90 Å². The first-order valence-electron chi connectivity index (χ1n) is 8.26. The lowest BCUT2D eigenvalue weighted by atomic mass is 9.94. The molecule has 1 saturated heterocycles. The number of carbonyl (C=O) groups is 2. The molecule has 5 heteroatoms. The van der Waals surface area contributed by atoms with Crippen molar-refractivity contribution in [2.45, 2.75) is 32.1 Å². The lowest BCUT2D eigenvalue weighted by Gasteiger charge is -2.24. The maximum absolute atomic E-state index is 12.4. The van der Waals surface area contributed by atoms with E-state index >= 15 is 0 Å². The minimum Gasteiger partial charge on any atom is -0.480 e. The molecule has 1 N–H and O–H groups in total. The van der Waals surface area contributed by atoms with Gasteiger partial charge in [-0.25, -0.2) is 0 Å². The average molecular weight is 319 g/mol. The Balaban J connectivity index is 1.83. The molecule has 0 saturated carbocycles. The number of hydrogen-bond acceptors (Lipinski definition) is 3. The number of benzene rings is 1. The summed E-state index contributed by atoms with van der Waals surface area (Å²) >= 11 is 0. The van der Waals surface area contributed by atoms with Gasteiger partial charge in [-0.3, -0.25) is 9.59 Å². The molecule has 0 aromatic heterocycles. The van der Waals surface area contributed by atoms with Gasteiger partial charge >= 0.3 is 5.97 Å². The molecule has 0 radical (unpaired) electrons. The van der Waals surface area contributed by atoms with E-state index in [0.29, 0.717) is 25.3 Å². The molecule has 0 aliphatic carbocycles. The maximum Gasteiger partial charge on any atom is 0.323 e. The van der Waals surface area contributed by atoms with Gasteiger partial charge in [0.15, 0.2) is 0 Å². The van der Waals surface area contributed by atoms with E-state index in [9.17, 15) is 9.59 Å². The van der Waals surface area contributed by atoms with Crippen LogP contribution in [0.15, 0.2) is 30.3 Å². The molecular weight excluding hydrogens is 294 g/mol. The van der Waals surface area contributed by atoms with E-state index in [2.05, 4.69) is 0 Å². The van der Waals surface area contributed by atoms with Gasteiger partial charge in [-0.2, -0.15) is 0 Å². The molecule has 2 rings (SSSR count). The van der Waals surface area contributed by atoms with Crippen molar-refractivity contribution in [3.05, 3.63) is 35.9 Å². The fraction of sp³-hybridized carbons (Fsp3) is 0.556. The highest BCUT2D eigenvalue weighted by molar-refractivity contribution is 5.81. The first kappa shape index (κ1) is 17.5. The summed E-state index contributed by atoms with van der Waals surface area (Å²) in [6.07, 6.45) is 3.92. The smallest absolute Gasteiger partial charge is 0.323 e. The zero-order valence-corrected chi connectivity index (χ0v) is 13.4. The Morgan fingerprint density at radius 3 is 2.52 bits per heavy atom. The Morgan fingerprint density at radius 1 is 1.17 bits per heavy atom. The van der Waals surface area contributed by atoms with Crippen LogP contribution in [0.3, 0.4) is 0 Å². The SMILES string of the molecule is O=C(O)CN(CCc1ccccc1)C(=O)CCC1CCOCC1. The molecule has 5 nitrogen and oxygen atoms in total. The summed E-state index contributed by atoms with van der Waals surface area (Å²) in [5, 5.41) is 9.04. The lowest BCUT2D eigenvalue weighted by molar-refractivity contribution is -0.144. The third kappa shape index (κ3) is 6.40. The predicted octanol–water partition coefficient (Wildman–Crippen LogP) is 2.35. The van der Waals surface area contributed by atoms with Crippen LogP contribution in [0.25, 0.3) is 0 Å². The van der Waals surface area contributed by atoms with E-state index < -0.39 is 5.97 Å². The number of rotatable bonds is 8. The minimum absolute atomic E-state index is 0.0603. The summed E-state index contributed by atoms with van der Waals surface area (Å²) in [6.45, 7) is 1.76. The van der Waals surface area contributed by atoms with Gasteiger partial charge in [-0.1, -0.05) is 30.3 Å². The van der Waals surface area contributed by atoms with Crippen molar-refractivity contribution in [3.8, 4) is 0 Å². The van der Waals surface area contributed by atoms with Crippen molar-refractivity contribution in [2.75, 3.05) is 26.3 Å². The summed E-state index contributed by atoms with van der Waals surface area (Å²) in [5.74, 6) is -0.499. The molecule has 1 fully saturated rings. The number of carboxylic acids is 1. The Bertz CT molecular complexity index is 497. The Labute approximate surface area is 137 Å². The highest BCUT2D eigenvalue weighted by atomic mass is 16.5. The highest BCUT2D eigenvalue weighted by Gasteiger charge is 2.20. The summed E-state index contributed by atoms with van der Waals surface area (Å²) < 4.78 is 5.32. The molecule has 0 bridgehead atoms. The quantitative estimate of drug-likeness (QED) is 0.799. The van der Waals surface area contributed by atoms with Gasteiger partial charge in [0.1, 0.15) is 6.54 Å². The highest BCUT2D eigenvalue weighted by Crippen LogP contribution is 2.20. The van der Waals surface area contributed by atoms with Crippen molar-refractivity contribution in [1.29, 1.82) is 0 Å². The summed E-state index contributed by atoms with van der Waals surface area (Å²) in [7, 11) is 0. The van der Waals surface area contributed by atoms with Gasteiger partial charge in [0.25, 0.3) is 0 Å². The number of ether oxygens (including phenoxy) is 1. The van der Waals surface area contributed by atoms with Crippen molar-refractivity contribution >= 4 is 11.9 Å². The fourth-order valence-corrected chi connectivity index (χ4v) is 2.88. The normalized spacial score (nSPS) is 15.3. The van der Waals surface area contributed by atoms with Crippen molar-refractivity contribution in [1.82, 2.24) is 4.90 Å². The van der Waals surface area contributed by atoms with Crippen LogP contribution in [0, 0.1) is 5.92 Å². The first-order chi connectivity index (χ1) is 11.1. The molecule has 1 heterocycles. The largest absolute Gasteiger partial charge is 0.480 e. The van der Waals surface area contributed by atoms with E-state index in [-0.39, 0.29) is 12.5 Å². The van der Waals surface area contributed by atoms with Crippen LogP contribution >= 0.6 is 0 Å². The number of hydrogen-bond donors (Lipinski definition) is 1. The second-order valence-corrected chi connectivity index (χ2v) is 6.04. The molecular formula is C18H25NO4. The van der Waals surface area contributed by atoms with Gasteiger partial charge < -0.3 is 14.7 Å². The number of aliphatic carboxylic acids is 1. The zero-order chi connectivity index (χ0) is 16.5. The van der Waals surface area contributed by atoms with Crippen LogP contribution in [0.4, 0.5) is 0 Å². The van der Waals surface area contributed by atoms with Gasteiger partial charge in [0.2, 0.25) is 5.91 Å². The minimum atomic E-state index is -0.961. The molecule has 1 aromatic carbocycles. The van der Waals surface area contributed by atoms with Crippen LogP contribution in [-0.2, 0) is 20.7 Å². The Morgan fingerprint density at radius 2 is 1.87 bits per heavy atom. The van der Waals surface area contributed by atoms with Gasteiger partial charge in [-0.15, -0.1) is 0 Å². The van der Waals surface area contributed by atoms with Crippen molar-refractivity contribution in [3.63, 3.8) is 0 Å². The zero-order valence-electron chi connectivity index (χ0n) is 13.4. The van der Waals surface area contributed by atoms with Crippen LogP contribution in [0.1, 0.15) is 31.2 Å². The third-order valence-electron chi connectivity index (χ3n) is 4.30. The fourth-order valence-electron chi connectivity index (χ4n) is 2.88. The molecule has 0 spiro atoms. The molecule has 1 aliphatic heterocycles. The van der Waals surface area contributed by atoms with Crippen LogP contribution < -0.4 is 0 Å². The van der Waals surface area contributed by atoms with Crippen LogP contribution in [0.5, 0.6) is 0 Å². The number of amides is 1. The molecule has 1 aliphatic rings. The molecule has 0 unspecified atom stereocenters. The molecule has 0 atom stereocenters. The summed E-state index contributed by atoms with van der Waals surface area (Å²) in [5.41, 5.74) is 1.11. The number of carbonyl (C=O) groups excluding carboxylic acids is 1. The number of carboxylic acid groups (broad SMARTS) is 1. The van der Waals surface area contributed by atoms with Crippen molar-refractivity contribution < 1.29 is 19.4 Å². The van der Waals surface area contributed by atoms with Crippen LogP contribution in [-0.4, -0.2) is 48.2 Å². The Hall–Kier alpha value is -1.88. The monoisotopic (exact) mass is 319 g/mol. The van der Waals surface area contributed by atoms with Gasteiger partial charge in [0, 0.05) is 26.2 Å². The predicted molar refractivity (Wildman–Crippen MR) is 87.1 cm³/mol. The molecule has 126 valence electrons. The second-order valence-electron chi connectivity index (χ2n) is 6.04. The third-order valence-corrected chi connectivity index (χ3v) is 4.30. The number of nitrogens with zero attached hydrogens (tertiary/aromatic N) is 1. The van der Waals surface area contributed by atoms with E-state index in [4.69, 9.17) is 9.84 Å². The standard InChI is InChI=1S/C18H25NO4/c20-17(7-6-16-9-12-23-13-10-16)19(14-18(21)22)11-8-15-4-2-1-3-5-15/h1-5,16H,6-14H2,(H,21,22). The molecule has 1 aromatic rings. The Kier molecular flexibility index (Phi) is 7.07. The summed E-state index contributed by atoms with van der Waals surface area (Å²) in [4.78, 5) is 24.9. The van der Waals surface area contributed by atoms with Gasteiger partial charge in [-0.05, 0) is 37.2 Å². The molecule has 1 amide bonds. The lowest BCUT2D eigenvalue weighted by Crippen LogP contribution is -2.37. The summed E-state index contributed by atoms with van der Waals surface area (Å²) in [6, 6.07) is 9.82. The molecule has 23 heavy (non-hydrogen) atoms. The average Bonchev–Trinajstić information content (AvgIpc) is 2.58. The van der Waals surface area contributed by atoms with E-state index in [1.807, 2.05) is 30.3 Å². The van der Waals surface area contributed by atoms with E-state index in [0.717, 1.165) is 38.0 Å². The topological polar surface area (TPSA) is 66.8 Å². The van der Waals surface area contributed by atoms with Crippen LogP contribution in [0.2, 0.25) is 0 Å². The first-order valence-corrected chi connectivity index (χ1v) is 8.26.